The molecule has 3 heteroatoms. The summed E-state index contributed by atoms with van der Waals surface area (Å²) in [6.45, 7) is 6.97. The molecule has 0 aliphatic heterocycles. The molecule has 3 rings (SSSR count). The van der Waals surface area contributed by atoms with Gasteiger partial charge in [0.1, 0.15) is 5.75 Å². The van der Waals surface area contributed by atoms with Crippen molar-refractivity contribution in [3.8, 4) is 5.75 Å². The minimum Gasteiger partial charge on any atom is -0.497 e. The lowest BCUT2D eigenvalue weighted by molar-refractivity contribution is 0.415. The van der Waals surface area contributed by atoms with E-state index in [4.69, 9.17) is 16.3 Å². The molecule has 0 radical (unpaired) electrons. The van der Waals surface area contributed by atoms with Gasteiger partial charge in [-0.15, -0.1) is 0 Å². The smallest absolute Gasteiger partial charge is 0.119 e. The molecule has 0 N–H and O–H groups in total. The summed E-state index contributed by atoms with van der Waals surface area (Å²) in [6, 6.07) is 16.4. The number of aryl methyl sites for hydroxylation is 1. The van der Waals surface area contributed by atoms with Crippen LogP contribution in [0.2, 0.25) is 5.02 Å². The lowest BCUT2D eigenvalue weighted by Crippen LogP contribution is -2.01. The van der Waals surface area contributed by atoms with Crippen LogP contribution in [0.3, 0.4) is 0 Å². The molecule has 0 fully saturated rings. The molecule has 0 aliphatic rings. The molecule has 0 bridgehead atoms. The second-order valence-electron chi connectivity index (χ2n) is 4.92. The number of rotatable bonds is 3. The van der Waals surface area contributed by atoms with Gasteiger partial charge in [0.25, 0.3) is 0 Å². The maximum absolute atomic E-state index is 5.93. The van der Waals surface area contributed by atoms with E-state index >= 15 is 0 Å². The van der Waals surface area contributed by atoms with Crippen molar-refractivity contribution in [3.63, 3.8) is 0 Å². The molecule has 0 saturated heterocycles. The number of nitrogens with zero attached hydrogens (tertiary/aromatic N) is 1. The summed E-state index contributed by atoms with van der Waals surface area (Å²) in [5.74, 6) is 0.890. The van der Waals surface area contributed by atoms with Gasteiger partial charge in [0.05, 0.1) is 7.11 Å². The van der Waals surface area contributed by atoms with Crippen molar-refractivity contribution in [2.45, 2.75) is 27.3 Å². The first-order valence-electron chi connectivity index (χ1n) is 7.56. The number of aromatic nitrogens is 1. The number of hydrogen-bond acceptors (Lipinski definition) is 1. The first kappa shape index (κ1) is 16.4. The normalized spacial score (nSPS) is 10.2. The van der Waals surface area contributed by atoms with E-state index in [0.29, 0.717) is 0 Å². The van der Waals surface area contributed by atoms with Crippen LogP contribution in [0.15, 0.2) is 48.5 Å². The molecule has 3 aromatic rings. The predicted octanol–water partition coefficient (Wildman–Crippen LogP) is 5.69. The van der Waals surface area contributed by atoms with Crippen molar-refractivity contribution in [2.75, 3.05) is 7.11 Å². The highest BCUT2D eigenvalue weighted by molar-refractivity contribution is 6.30. The van der Waals surface area contributed by atoms with Crippen LogP contribution in [-0.4, -0.2) is 11.7 Å². The van der Waals surface area contributed by atoms with E-state index in [1.807, 2.05) is 32.0 Å². The van der Waals surface area contributed by atoms with Gasteiger partial charge < -0.3 is 9.30 Å². The minimum atomic E-state index is 0.771. The molecule has 0 saturated carbocycles. The molecule has 0 amide bonds. The number of fused-ring (bicyclic) bond motifs is 1. The largest absolute Gasteiger partial charge is 0.497 e. The van der Waals surface area contributed by atoms with Gasteiger partial charge in [-0.1, -0.05) is 37.6 Å². The van der Waals surface area contributed by atoms with E-state index in [2.05, 4.69) is 41.8 Å². The molecule has 0 spiro atoms. The monoisotopic (exact) mass is 315 g/mol. The third-order valence-corrected chi connectivity index (χ3v) is 3.82. The van der Waals surface area contributed by atoms with Crippen molar-refractivity contribution in [1.82, 2.24) is 4.57 Å². The summed E-state index contributed by atoms with van der Waals surface area (Å²) in [4.78, 5) is 0. The highest BCUT2D eigenvalue weighted by atomic mass is 35.5. The average molecular weight is 316 g/mol. The van der Waals surface area contributed by atoms with Crippen LogP contribution in [0.1, 0.15) is 25.1 Å². The zero-order chi connectivity index (χ0) is 16.1. The van der Waals surface area contributed by atoms with Crippen LogP contribution in [0.25, 0.3) is 10.9 Å². The Hall–Kier alpha value is -1.93. The fourth-order valence-corrected chi connectivity index (χ4v) is 2.62. The van der Waals surface area contributed by atoms with Gasteiger partial charge in [0.2, 0.25) is 0 Å². The van der Waals surface area contributed by atoms with Crippen LogP contribution in [0, 0.1) is 6.92 Å². The summed E-state index contributed by atoms with van der Waals surface area (Å²) in [5, 5.41) is 1.98. The van der Waals surface area contributed by atoms with Gasteiger partial charge in [0.15, 0.2) is 0 Å². The molecule has 2 nitrogen and oxygen atoms in total. The third kappa shape index (κ3) is 3.45. The first-order valence-corrected chi connectivity index (χ1v) is 7.93. The van der Waals surface area contributed by atoms with Crippen LogP contribution >= 0.6 is 11.6 Å². The maximum Gasteiger partial charge on any atom is 0.119 e. The van der Waals surface area contributed by atoms with Crippen LogP contribution in [0.5, 0.6) is 5.75 Å². The molecule has 0 aliphatic carbocycles. The molecular weight excluding hydrogens is 294 g/mol. The molecule has 0 atom stereocenters. The lowest BCUT2D eigenvalue weighted by Gasteiger charge is -2.09. The summed E-state index contributed by atoms with van der Waals surface area (Å²) in [7, 11) is 1.69. The Morgan fingerprint density at radius 3 is 2.32 bits per heavy atom. The molecular formula is C19H22ClNO. The molecule has 1 aromatic heterocycles. The molecule has 2 aromatic carbocycles. The van der Waals surface area contributed by atoms with Gasteiger partial charge >= 0.3 is 0 Å². The maximum atomic E-state index is 5.93. The van der Waals surface area contributed by atoms with E-state index in [1.54, 1.807) is 7.11 Å². The Bertz CT molecular complexity index is 744. The van der Waals surface area contributed by atoms with Crippen molar-refractivity contribution in [1.29, 1.82) is 0 Å². The quantitative estimate of drug-likeness (QED) is 0.606. The topological polar surface area (TPSA) is 14.2 Å². The van der Waals surface area contributed by atoms with Crippen LogP contribution < -0.4 is 4.74 Å². The van der Waals surface area contributed by atoms with Gasteiger partial charge in [-0.3, -0.25) is 0 Å². The number of halogens is 1. The van der Waals surface area contributed by atoms with Gasteiger partial charge in [-0.25, -0.2) is 0 Å². The summed E-state index contributed by atoms with van der Waals surface area (Å²) in [6.07, 6.45) is 0. The van der Waals surface area contributed by atoms with Crippen LogP contribution in [0.4, 0.5) is 0 Å². The predicted molar refractivity (Wildman–Crippen MR) is 95.1 cm³/mol. The second kappa shape index (κ2) is 7.37. The molecule has 22 heavy (non-hydrogen) atoms. The lowest BCUT2D eigenvalue weighted by atomic mass is 10.2. The summed E-state index contributed by atoms with van der Waals surface area (Å²) >= 11 is 5.93. The van der Waals surface area contributed by atoms with Crippen LogP contribution in [-0.2, 0) is 6.54 Å². The molecule has 116 valence electrons. The van der Waals surface area contributed by atoms with E-state index in [0.717, 1.165) is 17.3 Å². The Balaban J connectivity index is 0.000000847. The number of hydrogen-bond donors (Lipinski definition) is 0. The standard InChI is InChI=1S/C17H16ClNO.C2H6/c1-12-9-14-10-16(20-2)7-8-17(14)19(12)11-13-3-5-15(18)6-4-13;1-2/h3-10H,11H2,1-2H3;1-2H3. The van der Waals surface area contributed by atoms with E-state index in [9.17, 15) is 0 Å². The van der Waals surface area contributed by atoms with Gasteiger partial charge in [-0.05, 0) is 48.9 Å². The van der Waals surface area contributed by atoms with Crippen molar-refractivity contribution in [3.05, 3.63) is 64.8 Å². The SMILES string of the molecule is CC.COc1ccc2c(c1)cc(C)n2Cc1ccc(Cl)cc1. The Labute approximate surface area is 137 Å². The number of methoxy groups -OCH3 is 1. The zero-order valence-corrected chi connectivity index (χ0v) is 14.3. The second-order valence-corrected chi connectivity index (χ2v) is 5.36. The number of benzene rings is 2. The summed E-state index contributed by atoms with van der Waals surface area (Å²) in [5.41, 5.74) is 3.70. The van der Waals surface area contributed by atoms with E-state index in [1.165, 1.54) is 22.2 Å². The fourth-order valence-electron chi connectivity index (χ4n) is 2.50. The van der Waals surface area contributed by atoms with E-state index in [-0.39, 0.29) is 0 Å². The Morgan fingerprint density at radius 1 is 1.00 bits per heavy atom. The van der Waals surface area contributed by atoms with Gasteiger partial charge in [0, 0.05) is 28.2 Å². The summed E-state index contributed by atoms with van der Waals surface area (Å²) < 4.78 is 7.58. The minimum absolute atomic E-state index is 0.771. The average Bonchev–Trinajstić information content (AvgIpc) is 2.86. The van der Waals surface area contributed by atoms with E-state index < -0.39 is 0 Å². The fraction of sp³-hybridized carbons (Fsp3) is 0.263. The molecule has 1 heterocycles. The van der Waals surface area contributed by atoms with Crippen molar-refractivity contribution < 1.29 is 4.74 Å². The van der Waals surface area contributed by atoms with Gasteiger partial charge in [-0.2, -0.15) is 0 Å². The van der Waals surface area contributed by atoms with Crippen molar-refractivity contribution in [2.24, 2.45) is 0 Å². The highest BCUT2D eigenvalue weighted by Crippen LogP contribution is 2.25. The number of ether oxygens (including phenoxy) is 1. The first-order chi connectivity index (χ1) is 10.7. The third-order valence-electron chi connectivity index (χ3n) is 3.57. The zero-order valence-electron chi connectivity index (χ0n) is 13.6. The van der Waals surface area contributed by atoms with Crippen molar-refractivity contribution >= 4 is 22.5 Å². The highest BCUT2D eigenvalue weighted by Gasteiger charge is 2.07. The molecule has 0 unspecified atom stereocenters. The Kier molecular flexibility index (Phi) is 5.51. The Morgan fingerprint density at radius 2 is 1.68 bits per heavy atom.